The van der Waals surface area contributed by atoms with E-state index in [1.807, 2.05) is 28.3 Å². The van der Waals surface area contributed by atoms with Gasteiger partial charge in [0, 0.05) is 11.9 Å². The molecule has 0 saturated carbocycles. The van der Waals surface area contributed by atoms with Gasteiger partial charge in [-0.25, -0.2) is 0 Å². The summed E-state index contributed by atoms with van der Waals surface area (Å²) >= 11 is -0.673. The van der Waals surface area contributed by atoms with Gasteiger partial charge in [-0.3, -0.25) is 4.98 Å². The zero-order valence-corrected chi connectivity index (χ0v) is 20.7. The second-order valence-corrected chi connectivity index (χ2v) is 22.6. The number of rotatable bonds is 5. The topological polar surface area (TPSA) is 56.5 Å². The molecule has 7 heteroatoms. The third kappa shape index (κ3) is 4.70. The Morgan fingerprint density at radius 3 is 2.24 bits per heavy atom. The summed E-state index contributed by atoms with van der Waals surface area (Å²) in [6, 6.07) is 21.0. The third-order valence-electron chi connectivity index (χ3n) is 4.45. The van der Waals surface area contributed by atoms with E-state index in [2.05, 4.69) is 78.6 Å². The second kappa shape index (κ2) is 8.28. The van der Waals surface area contributed by atoms with Gasteiger partial charge in [-0.2, -0.15) is 0 Å². The van der Waals surface area contributed by atoms with Gasteiger partial charge < -0.3 is 0 Å². The number of aryl methyl sites for hydroxylation is 1. The summed E-state index contributed by atoms with van der Waals surface area (Å²) in [6.07, 6.45) is 1.85. The van der Waals surface area contributed by atoms with Gasteiger partial charge in [0.2, 0.25) is 0 Å². The van der Waals surface area contributed by atoms with Crippen LogP contribution in [0.4, 0.5) is 0 Å². The molecule has 0 aliphatic heterocycles. The van der Waals surface area contributed by atoms with Gasteiger partial charge in [0.1, 0.15) is 0 Å². The van der Waals surface area contributed by atoms with E-state index >= 15 is 0 Å². The third-order valence-corrected chi connectivity index (χ3v) is 9.41. The van der Waals surface area contributed by atoms with Crippen LogP contribution in [-0.2, 0) is 0 Å². The molecule has 2 heterocycles. The van der Waals surface area contributed by atoms with Crippen LogP contribution in [0.3, 0.4) is 0 Å². The summed E-state index contributed by atoms with van der Waals surface area (Å²) in [5.74, 6) is 0.693. The van der Waals surface area contributed by atoms with E-state index in [0.29, 0.717) is 5.82 Å². The zero-order chi connectivity index (χ0) is 20.4. The van der Waals surface area contributed by atoms with Crippen molar-refractivity contribution < 1.29 is 0 Å². The molecule has 0 aliphatic carbocycles. The molecule has 0 unspecified atom stereocenters. The van der Waals surface area contributed by atoms with Crippen molar-refractivity contribution in [2.24, 2.45) is 0 Å². The molecule has 0 N–H and O–H groups in total. The monoisotopic (exact) mass is 509 g/mol. The molecule has 0 atom stereocenters. The van der Waals surface area contributed by atoms with Gasteiger partial charge in [0.05, 0.1) is 0 Å². The molecule has 0 saturated heterocycles. The molecule has 0 bridgehead atoms. The number of tetrazole rings is 1. The van der Waals surface area contributed by atoms with Crippen LogP contribution in [0.15, 0.2) is 76.7 Å². The summed E-state index contributed by atoms with van der Waals surface area (Å²) in [6.45, 7) is 2.01. The predicted molar refractivity (Wildman–Crippen MR) is 121 cm³/mol. The maximum absolute atomic E-state index is 4.70. The molecule has 2 aromatic heterocycles. The standard InChI is InChI=1S/C19H14N5S.3CH3.Sn/c1-13-12-16(10-11-20-13)25-15-8-6-14(7-9-15)17-4-2-3-5-18(17)19-21-23-24-22-19;;;;/h2-12H,1H3;3*1H3;/q-1;;;;+1. The van der Waals surface area contributed by atoms with Gasteiger partial charge in [-0.05, 0) is 6.92 Å². The van der Waals surface area contributed by atoms with Crippen LogP contribution in [-0.4, -0.2) is 42.1 Å². The second-order valence-electron chi connectivity index (χ2n) is 7.88. The van der Waals surface area contributed by atoms with Crippen molar-refractivity contribution >= 4 is 30.4 Å². The summed E-state index contributed by atoms with van der Waals surface area (Å²) in [5, 5.41) is 13.4. The molecule has 0 radical (unpaired) electrons. The molecule has 4 aromatic rings. The minimum Gasteiger partial charge on any atom is -0.262 e. The fourth-order valence-electron chi connectivity index (χ4n) is 2.96. The Balaban J connectivity index is 1.63. The summed E-state index contributed by atoms with van der Waals surface area (Å²) < 4.78 is 1.87. The van der Waals surface area contributed by atoms with Crippen LogP contribution in [0.2, 0.25) is 14.8 Å². The molecule has 0 amide bonds. The maximum atomic E-state index is 4.70. The van der Waals surface area contributed by atoms with E-state index in [-0.39, 0.29) is 0 Å². The van der Waals surface area contributed by atoms with Gasteiger partial charge in [0.15, 0.2) is 0 Å². The smallest absolute Gasteiger partial charge is 0.262 e. The molecule has 0 fully saturated rings. The van der Waals surface area contributed by atoms with E-state index in [9.17, 15) is 0 Å². The molecule has 29 heavy (non-hydrogen) atoms. The van der Waals surface area contributed by atoms with Crippen LogP contribution in [0, 0.1) is 6.92 Å². The zero-order valence-electron chi connectivity index (χ0n) is 17.0. The van der Waals surface area contributed by atoms with Crippen molar-refractivity contribution in [1.82, 2.24) is 23.4 Å². The average Bonchev–Trinajstić information content (AvgIpc) is 3.19. The van der Waals surface area contributed by atoms with Crippen LogP contribution in [0.1, 0.15) is 5.69 Å². The number of benzene rings is 2. The molecule has 4 rings (SSSR count). The number of hydrogen-bond acceptors (Lipinski definition) is 5. The van der Waals surface area contributed by atoms with Crippen molar-refractivity contribution in [1.29, 1.82) is 0 Å². The van der Waals surface area contributed by atoms with Crippen molar-refractivity contribution in [3.8, 4) is 22.5 Å². The molecular formula is C22H23N5SSn. The van der Waals surface area contributed by atoms with Gasteiger partial charge in [0.25, 0.3) is 0 Å². The fraction of sp³-hybridized carbons (Fsp3) is 0.182. The van der Waals surface area contributed by atoms with Crippen molar-refractivity contribution in [3.05, 3.63) is 72.6 Å². The Hall–Kier alpha value is -2.19. The fourth-order valence-corrected chi connectivity index (χ4v) is 5.88. The summed E-state index contributed by atoms with van der Waals surface area (Å²) in [7, 11) is 0. The number of aromatic nitrogens is 5. The molecule has 2 aromatic carbocycles. The SMILES string of the molecule is Cc1cc(Sc2ccc(-c3ccccc3-c3nn[n]([Sn]([CH3])([CH3])[CH3])n3)cc2)ccn1. The minimum absolute atomic E-state index is 0.693. The molecular weight excluding hydrogens is 485 g/mol. The first-order valence-corrected chi connectivity index (χ1v) is 20.2. The Kier molecular flexibility index (Phi) is 5.74. The molecule has 5 nitrogen and oxygen atoms in total. The van der Waals surface area contributed by atoms with Crippen molar-refractivity contribution in [2.75, 3.05) is 0 Å². The van der Waals surface area contributed by atoms with E-state index in [0.717, 1.165) is 22.4 Å². The van der Waals surface area contributed by atoms with E-state index in [1.54, 1.807) is 11.8 Å². The van der Waals surface area contributed by atoms with Crippen LogP contribution >= 0.6 is 11.8 Å². The van der Waals surface area contributed by atoms with Gasteiger partial charge in [-0.15, -0.1) is 0 Å². The van der Waals surface area contributed by atoms with Crippen molar-refractivity contribution in [2.45, 2.75) is 31.5 Å². The number of pyridine rings is 1. The Morgan fingerprint density at radius 2 is 1.59 bits per heavy atom. The number of hydrogen-bond donors (Lipinski definition) is 0. The van der Waals surface area contributed by atoms with Crippen LogP contribution in [0.25, 0.3) is 22.5 Å². The Labute approximate surface area is 179 Å². The van der Waals surface area contributed by atoms with Gasteiger partial charge in [-0.1, -0.05) is 0 Å². The minimum atomic E-state index is -2.41. The van der Waals surface area contributed by atoms with E-state index in [4.69, 9.17) is 5.10 Å². The normalized spacial score (nSPS) is 11.6. The van der Waals surface area contributed by atoms with E-state index in [1.165, 1.54) is 9.79 Å². The molecule has 0 spiro atoms. The van der Waals surface area contributed by atoms with Gasteiger partial charge >= 0.3 is 157 Å². The first-order chi connectivity index (χ1) is 13.9. The molecule has 146 valence electrons. The summed E-state index contributed by atoms with van der Waals surface area (Å²) in [4.78, 5) is 13.5. The summed E-state index contributed by atoms with van der Waals surface area (Å²) in [5.41, 5.74) is 4.30. The van der Waals surface area contributed by atoms with Crippen molar-refractivity contribution in [3.63, 3.8) is 0 Å². The van der Waals surface area contributed by atoms with E-state index < -0.39 is 18.7 Å². The average molecular weight is 508 g/mol. The molecule has 0 aliphatic rings. The quantitative estimate of drug-likeness (QED) is 0.332. The predicted octanol–water partition coefficient (Wildman–Crippen LogP) is 5.54. The first kappa shape index (κ1) is 20.1. The van der Waals surface area contributed by atoms with Crippen LogP contribution < -0.4 is 0 Å². The van der Waals surface area contributed by atoms with Crippen LogP contribution in [0.5, 0.6) is 0 Å². The number of nitrogens with zero attached hydrogens (tertiary/aromatic N) is 5. The Morgan fingerprint density at radius 1 is 0.862 bits per heavy atom. The Bertz CT molecular complexity index is 1130. The first-order valence-electron chi connectivity index (χ1n) is 9.51.